The van der Waals surface area contributed by atoms with E-state index in [0.29, 0.717) is 21.1 Å². The summed E-state index contributed by atoms with van der Waals surface area (Å²) in [6, 6.07) is 3.11. The Hall–Kier alpha value is -1.32. The molecule has 0 atom stereocenters. The third-order valence-electron chi connectivity index (χ3n) is 2.41. The van der Waals surface area contributed by atoms with Crippen molar-refractivity contribution in [1.82, 2.24) is 4.98 Å². The number of nitrogens with zero attached hydrogens (tertiary/aromatic N) is 3. The first kappa shape index (κ1) is 15.1. The van der Waals surface area contributed by atoms with Crippen LogP contribution in [0.4, 0.5) is 10.8 Å². The number of hydrogen-bond acceptors (Lipinski definition) is 8. The molecule has 2 aromatic rings. The van der Waals surface area contributed by atoms with Crippen LogP contribution in [0.5, 0.6) is 5.75 Å². The zero-order valence-corrected chi connectivity index (χ0v) is 13.4. The molecule has 0 N–H and O–H groups in total. The third kappa shape index (κ3) is 3.05. The summed E-state index contributed by atoms with van der Waals surface area (Å²) in [4.78, 5) is 19.3. The molecule has 1 heterocycles. The molecule has 1 aromatic heterocycles. The van der Waals surface area contributed by atoms with Crippen LogP contribution in [-0.4, -0.2) is 33.9 Å². The number of rotatable bonds is 3. The van der Waals surface area contributed by atoms with Gasteiger partial charge in [-0.05, 0) is 12.5 Å². The topological polar surface area (TPSA) is 77.6 Å². The number of benzene rings is 1. The van der Waals surface area contributed by atoms with Gasteiger partial charge in [0, 0.05) is 6.07 Å². The van der Waals surface area contributed by atoms with Crippen LogP contribution in [0.3, 0.4) is 0 Å². The van der Waals surface area contributed by atoms with Crippen molar-refractivity contribution in [2.45, 2.75) is 0 Å². The molecule has 0 fully saturated rings. The lowest BCUT2D eigenvalue weighted by atomic mass is 10.3. The number of non-ortho nitro benzene ring substituents is 1. The lowest BCUT2D eigenvalue weighted by Crippen LogP contribution is -1.91. The highest BCUT2D eigenvalue weighted by molar-refractivity contribution is 8.38. The predicted molar refractivity (Wildman–Crippen MR) is 87.0 cm³/mol. The maximum Gasteiger partial charge on any atom is 0.300 e. The maximum atomic E-state index is 11.1. The van der Waals surface area contributed by atoms with Gasteiger partial charge in [-0.15, -0.1) is 23.5 Å². The van der Waals surface area contributed by atoms with Gasteiger partial charge in [-0.2, -0.15) is 0 Å². The Bertz CT molecular complexity index is 678. The van der Waals surface area contributed by atoms with Gasteiger partial charge in [0.1, 0.15) is 10.1 Å². The summed E-state index contributed by atoms with van der Waals surface area (Å²) in [6.07, 6.45) is 3.85. The number of aromatic nitrogens is 1. The molecule has 0 radical (unpaired) electrons. The molecule has 0 spiro atoms. The van der Waals surface area contributed by atoms with Crippen molar-refractivity contribution in [2.24, 2.45) is 4.99 Å². The molecule has 0 aliphatic rings. The van der Waals surface area contributed by atoms with Crippen LogP contribution >= 0.6 is 34.9 Å². The molecule has 6 nitrogen and oxygen atoms in total. The maximum absolute atomic E-state index is 11.1. The molecule has 0 unspecified atom stereocenters. The molecule has 1 aromatic carbocycles. The monoisotopic (exact) mass is 329 g/mol. The summed E-state index contributed by atoms with van der Waals surface area (Å²) in [5.41, 5.74) is 0.285. The minimum absolute atomic E-state index is 0.0631. The smallest absolute Gasteiger partial charge is 0.300 e. The number of aliphatic imine (C=N–C) groups is 1. The molecule has 0 aliphatic carbocycles. The van der Waals surface area contributed by atoms with E-state index < -0.39 is 4.92 Å². The van der Waals surface area contributed by atoms with Crippen LogP contribution in [0.1, 0.15) is 0 Å². The molecule has 0 saturated heterocycles. The predicted octanol–water partition coefficient (Wildman–Crippen LogP) is 3.93. The Morgan fingerprint density at radius 3 is 2.70 bits per heavy atom. The van der Waals surface area contributed by atoms with Crippen molar-refractivity contribution in [2.75, 3.05) is 19.6 Å². The summed E-state index contributed by atoms with van der Waals surface area (Å²) in [7, 11) is 1.48. The molecule has 20 heavy (non-hydrogen) atoms. The quantitative estimate of drug-likeness (QED) is 0.367. The van der Waals surface area contributed by atoms with E-state index in [9.17, 15) is 10.1 Å². The zero-order valence-electron chi connectivity index (χ0n) is 10.9. The van der Waals surface area contributed by atoms with Crippen LogP contribution in [0.25, 0.3) is 10.2 Å². The van der Waals surface area contributed by atoms with E-state index in [-0.39, 0.29) is 5.69 Å². The summed E-state index contributed by atoms with van der Waals surface area (Å²) < 4.78 is 6.63. The summed E-state index contributed by atoms with van der Waals surface area (Å²) in [6.45, 7) is 0. The molecule has 0 aliphatic heterocycles. The Morgan fingerprint density at radius 2 is 2.15 bits per heavy atom. The second-order valence-electron chi connectivity index (χ2n) is 3.53. The Morgan fingerprint density at radius 1 is 1.45 bits per heavy atom. The van der Waals surface area contributed by atoms with Crippen LogP contribution in [0, 0.1) is 10.1 Å². The number of nitro benzene ring substituents is 1. The number of methoxy groups -OCH3 is 1. The Balaban J connectivity index is 2.60. The van der Waals surface area contributed by atoms with Crippen molar-refractivity contribution in [3.63, 3.8) is 0 Å². The van der Waals surface area contributed by atoms with Gasteiger partial charge in [0.2, 0.25) is 5.13 Å². The van der Waals surface area contributed by atoms with Crippen molar-refractivity contribution < 1.29 is 9.66 Å². The zero-order chi connectivity index (χ0) is 14.7. The molecule has 0 saturated carbocycles. The standard InChI is InChI=1S/C11H11N3O3S3/c1-17-6-4-7(14(15)16)9-8(5-6)20-10(12-9)13-11(18-2)19-3/h4-5H,1-3H3. The molecule has 0 bridgehead atoms. The largest absolute Gasteiger partial charge is 0.496 e. The number of ether oxygens (including phenoxy) is 1. The first-order valence-electron chi connectivity index (χ1n) is 5.38. The van der Waals surface area contributed by atoms with Crippen LogP contribution in [-0.2, 0) is 0 Å². The SMILES string of the molecule is COc1cc([N+](=O)[O-])c2nc(N=C(SC)SC)sc2c1. The molecule has 9 heteroatoms. The molecular formula is C11H11N3O3S3. The van der Waals surface area contributed by atoms with E-state index in [1.807, 2.05) is 12.5 Å². The highest BCUT2D eigenvalue weighted by Gasteiger charge is 2.19. The van der Waals surface area contributed by atoms with E-state index in [4.69, 9.17) is 4.74 Å². The molecular weight excluding hydrogens is 318 g/mol. The van der Waals surface area contributed by atoms with Gasteiger partial charge in [0.05, 0.1) is 22.8 Å². The highest BCUT2D eigenvalue weighted by atomic mass is 32.2. The van der Waals surface area contributed by atoms with E-state index in [2.05, 4.69) is 9.98 Å². The number of fused-ring (bicyclic) bond motifs is 1. The van der Waals surface area contributed by atoms with Gasteiger partial charge in [-0.3, -0.25) is 10.1 Å². The fourth-order valence-electron chi connectivity index (χ4n) is 1.53. The number of hydrogen-bond donors (Lipinski definition) is 0. The first-order valence-corrected chi connectivity index (χ1v) is 8.65. The van der Waals surface area contributed by atoms with Crippen molar-refractivity contribution in [1.29, 1.82) is 0 Å². The Labute approximate surface area is 127 Å². The van der Waals surface area contributed by atoms with Gasteiger partial charge in [-0.25, -0.2) is 9.98 Å². The van der Waals surface area contributed by atoms with Gasteiger partial charge >= 0.3 is 0 Å². The van der Waals surface area contributed by atoms with Crippen LogP contribution < -0.4 is 4.74 Å². The second-order valence-corrected chi connectivity index (χ2v) is 6.39. The minimum atomic E-state index is -0.456. The number of thiazole rings is 1. The van der Waals surface area contributed by atoms with Crippen molar-refractivity contribution >= 4 is 60.3 Å². The third-order valence-corrected chi connectivity index (χ3v) is 5.18. The van der Waals surface area contributed by atoms with Gasteiger partial charge < -0.3 is 4.74 Å². The minimum Gasteiger partial charge on any atom is -0.496 e. The lowest BCUT2D eigenvalue weighted by molar-refractivity contribution is -0.383. The van der Waals surface area contributed by atoms with E-state index in [1.165, 1.54) is 48.0 Å². The molecule has 106 valence electrons. The van der Waals surface area contributed by atoms with Crippen LogP contribution in [0.15, 0.2) is 17.1 Å². The van der Waals surface area contributed by atoms with Crippen molar-refractivity contribution in [3.05, 3.63) is 22.2 Å². The molecule has 2 rings (SSSR count). The van der Waals surface area contributed by atoms with Gasteiger partial charge in [0.15, 0.2) is 5.52 Å². The lowest BCUT2D eigenvalue weighted by Gasteiger charge is -1.99. The number of thioether (sulfide) groups is 2. The van der Waals surface area contributed by atoms with Gasteiger partial charge in [-0.1, -0.05) is 11.3 Å². The first-order chi connectivity index (χ1) is 9.58. The number of nitro groups is 1. The van der Waals surface area contributed by atoms with Crippen LogP contribution in [0.2, 0.25) is 0 Å². The second kappa shape index (κ2) is 6.42. The summed E-state index contributed by atoms with van der Waals surface area (Å²) in [5, 5.41) is 11.6. The average Bonchev–Trinajstić information content (AvgIpc) is 2.85. The van der Waals surface area contributed by atoms with E-state index in [1.54, 1.807) is 6.07 Å². The molecule has 0 amide bonds. The Kier molecular flexibility index (Phi) is 4.84. The highest BCUT2D eigenvalue weighted by Crippen LogP contribution is 2.37. The van der Waals surface area contributed by atoms with Gasteiger partial charge in [0.25, 0.3) is 5.69 Å². The summed E-state index contributed by atoms with van der Waals surface area (Å²) >= 11 is 4.34. The summed E-state index contributed by atoms with van der Waals surface area (Å²) in [5.74, 6) is 0.443. The van der Waals surface area contributed by atoms with E-state index in [0.717, 1.165) is 4.38 Å². The van der Waals surface area contributed by atoms with Crippen molar-refractivity contribution in [3.8, 4) is 5.75 Å². The fraction of sp³-hybridized carbons (Fsp3) is 0.273. The normalized spacial score (nSPS) is 10.6. The fourth-order valence-corrected chi connectivity index (χ4v) is 3.56. The average molecular weight is 329 g/mol. The van der Waals surface area contributed by atoms with E-state index >= 15 is 0 Å².